The number of hydrogen-bond acceptors (Lipinski definition) is 8. The molecular formula is C26H19Cl2N5O2S. The van der Waals surface area contributed by atoms with Crippen LogP contribution >= 0.6 is 35.0 Å². The van der Waals surface area contributed by atoms with E-state index in [1.165, 1.54) is 18.0 Å². The maximum absolute atomic E-state index is 10.0. The number of aliphatic hydroxyl groups excluding tert-OH is 1. The van der Waals surface area contributed by atoms with Gasteiger partial charge in [-0.25, -0.2) is 9.97 Å². The highest BCUT2D eigenvalue weighted by Crippen LogP contribution is 2.37. The lowest BCUT2D eigenvalue weighted by molar-refractivity contribution is 0.288. The van der Waals surface area contributed by atoms with E-state index in [1.54, 1.807) is 18.2 Å². The lowest BCUT2D eigenvalue weighted by Crippen LogP contribution is -2.03. The third-order valence-electron chi connectivity index (χ3n) is 5.36. The maximum Gasteiger partial charge on any atom is 0.226 e. The smallest absolute Gasteiger partial charge is 0.226 e. The number of aliphatic hydroxyl groups is 1. The average molecular weight is 536 g/mol. The summed E-state index contributed by atoms with van der Waals surface area (Å²) in [6.07, 6.45) is 2.91. The molecule has 0 radical (unpaired) electrons. The molecule has 0 saturated heterocycles. The molecule has 0 aliphatic rings. The quantitative estimate of drug-likeness (QED) is 0.252. The number of aromatic nitrogens is 2. The summed E-state index contributed by atoms with van der Waals surface area (Å²) in [6.45, 7) is 0.112. The van der Waals surface area contributed by atoms with Crippen LogP contribution in [0.2, 0.25) is 10.0 Å². The zero-order valence-corrected chi connectivity index (χ0v) is 21.2. The van der Waals surface area contributed by atoms with E-state index < -0.39 is 0 Å². The van der Waals surface area contributed by atoms with E-state index in [2.05, 4.69) is 22.1 Å². The fraction of sp³-hybridized carbons (Fsp3) is 0.154. The highest BCUT2D eigenvalue weighted by atomic mass is 35.5. The molecular weight excluding hydrogens is 517 g/mol. The van der Waals surface area contributed by atoms with Gasteiger partial charge in [0.1, 0.15) is 34.8 Å². The molecule has 2 aromatic heterocycles. The Hall–Kier alpha value is -3.53. The molecule has 0 atom stereocenters. The Morgan fingerprint density at radius 2 is 1.69 bits per heavy atom. The van der Waals surface area contributed by atoms with Gasteiger partial charge < -0.3 is 15.3 Å². The lowest BCUT2D eigenvalue weighted by atomic mass is 9.95. The highest BCUT2D eigenvalue weighted by molar-refractivity contribution is 7.98. The van der Waals surface area contributed by atoms with Gasteiger partial charge in [-0.15, -0.1) is 0 Å². The average Bonchev–Trinajstić information content (AvgIpc) is 3.37. The lowest BCUT2D eigenvalue weighted by Gasteiger charge is -2.13. The molecule has 4 rings (SSSR count). The number of aryl methyl sites for hydroxylation is 1. The van der Waals surface area contributed by atoms with Crippen LogP contribution in [-0.4, -0.2) is 21.7 Å². The second-order valence-electron chi connectivity index (χ2n) is 7.74. The summed E-state index contributed by atoms with van der Waals surface area (Å²) in [7, 11) is 0. The van der Waals surface area contributed by atoms with Gasteiger partial charge >= 0.3 is 0 Å². The number of benzene rings is 2. The first-order valence-corrected chi connectivity index (χ1v) is 12.6. The van der Waals surface area contributed by atoms with E-state index in [1.807, 2.05) is 24.3 Å². The molecule has 0 amide bonds. The molecule has 0 bridgehead atoms. The van der Waals surface area contributed by atoms with Crippen molar-refractivity contribution in [1.82, 2.24) is 9.97 Å². The molecule has 0 aliphatic heterocycles. The summed E-state index contributed by atoms with van der Waals surface area (Å²) in [5.74, 6) is 0.797. The predicted molar refractivity (Wildman–Crippen MR) is 140 cm³/mol. The van der Waals surface area contributed by atoms with Crippen LogP contribution in [0.25, 0.3) is 22.6 Å². The Kier molecular flexibility index (Phi) is 8.14. The number of nitrogens with two attached hydrogens (primary N) is 1. The number of oxazole rings is 1. The summed E-state index contributed by atoms with van der Waals surface area (Å²) in [4.78, 5) is 8.83. The van der Waals surface area contributed by atoms with Crippen molar-refractivity contribution in [3.8, 4) is 34.7 Å². The molecule has 0 fully saturated rings. The van der Waals surface area contributed by atoms with E-state index in [-0.39, 0.29) is 23.6 Å². The fourth-order valence-corrected chi connectivity index (χ4v) is 4.76. The van der Waals surface area contributed by atoms with Crippen LogP contribution in [0.5, 0.6) is 0 Å². The number of thioether (sulfide) groups is 1. The van der Waals surface area contributed by atoms with E-state index in [9.17, 15) is 10.5 Å². The van der Waals surface area contributed by atoms with Crippen molar-refractivity contribution in [1.29, 1.82) is 10.5 Å². The number of halogens is 2. The van der Waals surface area contributed by atoms with Gasteiger partial charge in [-0.1, -0.05) is 59.2 Å². The third-order valence-corrected chi connectivity index (χ3v) is 7.10. The molecule has 36 heavy (non-hydrogen) atoms. The van der Waals surface area contributed by atoms with Crippen LogP contribution in [0.3, 0.4) is 0 Å². The number of nitrogens with zero attached hydrogens (tertiary/aromatic N) is 4. The van der Waals surface area contributed by atoms with Gasteiger partial charge in [0.15, 0.2) is 0 Å². The molecule has 2 heterocycles. The Morgan fingerprint density at radius 3 is 2.36 bits per heavy atom. The number of anilines is 1. The molecule has 0 spiro atoms. The molecule has 4 aromatic rings. The SMILES string of the molecule is N#Cc1c(N)nc(SCc2coc(-c3ccc(Cl)c(Cl)c3)n2)c(C#N)c1-c1ccc(CCCO)cc1. The topological polar surface area (TPSA) is 133 Å². The number of nitriles is 2. The molecule has 2 aromatic carbocycles. The van der Waals surface area contributed by atoms with Crippen LogP contribution < -0.4 is 5.73 Å². The van der Waals surface area contributed by atoms with Crippen molar-refractivity contribution < 1.29 is 9.52 Å². The minimum atomic E-state index is 0.0509. The van der Waals surface area contributed by atoms with Gasteiger partial charge in [0.25, 0.3) is 0 Å². The standard InChI is InChI=1S/C26H19Cl2N5O2S/c27-21-8-7-17(10-22(21)28)25-32-18(13-35-25)14-36-26-20(12-30)23(19(11-29)24(31)33-26)16-5-3-15(4-6-16)2-1-9-34/h3-8,10,13,34H,1-2,9,14H2,(H2,31,33). The summed E-state index contributed by atoms with van der Waals surface area (Å²) < 4.78 is 5.59. The number of pyridine rings is 1. The third kappa shape index (κ3) is 5.48. The second-order valence-corrected chi connectivity index (χ2v) is 9.51. The van der Waals surface area contributed by atoms with Crippen LogP contribution in [-0.2, 0) is 12.2 Å². The van der Waals surface area contributed by atoms with Crippen LogP contribution in [0, 0.1) is 22.7 Å². The second kappa shape index (κ2) is 11.5. The fourth-order valence-electron chi connectivity index (χ4n) is 3.59. The molecule has 0 aliphatic carbocycles. The maximum atomic E-state index is 10.0. The normalized spacial score (nSPS) is 10.7. The van der Waals surface area contributed by atoms with Gasteiger partial charge in [-0.2, -0.15) is 10.5 Å². The number of nitrogen functional groups attached to an aromatic ring is 1. The molecule has 7 nitrogen and oxygen atoms in total. The van der Waals surface area contributed by atoms with Gasteiger partial charge in [0.05, 0.1) is 21.3 Å². The Bertz CT molecular complexity index is 1490. The van der Waals surface area contributed by atoms with Crippen LogP contribution in [0.4, 0.5) is 5.82 Å². The molecule has 3 N–H and O–H groups in total. The Morgan fingerprint density at radius 1 is 0.972 bits per heavy atom. The van der Waals surface area contributed by atoms with Crippen molar-refractivity contribution >= 4 is 40.8 Å². The monoisotopic (exact) mass is 535 g/mol. The number of hydrogen-bond donors (Lipinski definition) is 2. The van der Waals surface area contributed by atoms with E-state index in [0.717, 1.165) is 12.0 Å². The van der Waals surface area contributed by atoms with Crippen LogP contribution in [0.1, 0.15) is 28.8 Å². The summed E-state index contributed by atoms with van der Waals surface area (Å²) in [6, 6.07) is 16.9. The van der Waals surface area contributed by atoms with Crippen molar-refractivity contribution in [3.63, 3.8) is 0 Å². The van der Waals surface area contributed by atoms with E-state index in [0.29, 0.717) is 55.5 Å². The zero-order chi connectivity index (χ0) is 25.7. The summed E-state index contributed by atoms with van der Waals surface area (Å²) in [5.41, 5.74) is 10.0. The van der Waals surface area contributed by atoms with Crippen LogP contribution in [0.15, 0.2) is 58.2 Å². The minimum absolute atomic E-state index is 0.0509. The number of rotatable bonds is 8. The highest BCUT2D eigenvalue weighted by Gasteiger charge is 2.21. The first-order chi connectivity index (χ1) is 17.4. The first-order valence-electron chi connectivity index (χ1n) is 10.8. The Balaban J connectivity index is 1.63. The Labute approximate surface area is 222 Å². The van der Waals surface area contributed by atoms with Crippen molar-refractivity contribution in [2.45, 2.75) is 23.6 Å². The van der Waals surface area contributed by atoms with Crippen molar-refractivity contribution in [2.24, 2.45) is 0 Å². The van der Waals surface area contributed by atoms with E-state index in [4.69, 9.17) is 38.5 Å². The van der Waals surface area contributed by atoms with Crippen molar-refractivity contribution in [3.05, 3.63) is 81.2 Å². The van der Waals surface area contributed by atoms with Crippen molar-refractivity contribution in [2.75, 3.05) is 12.3 Å². The molecule has 0 unspecified atom stereocenters. The van der Waals surface area contributed by atoms with Gasteiger partial charge in [0, 0.05) is 23.5 Å². The van der Waals surface area contributed by atoms with Gasteiger partial charge in [-0.05, 0) is 42.2 Å². The zero-order valence-electron chi connectivity index (χ0n) is 18.8. The molecule has 0 saturated carbocycles. The molecule has 180 valence electrons. The molecule has 10 heteroatoms. The predicted octanol–water partition coefficient (Wildman–Crippen LogP) is 6.25. The largest absolute Gasteiger partial charge is 0.444 e. The first kappa shape index (κ1) is 25.6. The van der Waals surface area contributed by atoms with Gasteiger partial charge in [-0.3, -0.25) is 0 Å². The summed E-state index contributed by atoms with van der Waals surface area (Å²) in [5, 5.41) is 30.0. The van der Waals surface area contributed by atoms with E-state index >= 15 is 0 Å². The minimum Gasteiger partial charge on any atom is -0.444 e. The summed E-state index contributed by atoms with van der Waals surface area (Å²) >= 11 is 13.3. The van der Waals surface area contributed by atoms with Gasteiger partial charge in [0.2, 0.25) is 5.89 Å².